The quantitative estimate of drug-likeness (QED) is 0.434. The fourth-order valence-corrected chi connectivity index (χ4v) is 2.67. The molecule has 2 rings (SSSR count). The molecule has 0 aromatic heterocycles. The van der Waals surface area contributed by atoms with E-state index in [4.69, 9.17) is 14.2 Å². The SMILES string of the molecule is CCCOc1ccc(C(=O)OCC(=O)NCCCc2ccccc2)cc1OCC. The first kappa shape index (κ1) is 22.3. The van der Waals surface area contributed by atoms with Crippen molar-refractivity contribution in [3.05, 3.63) is 59.7 Å². The van der Waals surface area contributed by atoms with Crippen molar-refractivity contribution in [1.29, 1.82) is 0 Å². The van der Waals surface area contributed by atoms with Crippen LogP contribution >= 0.6 is 0 Å². The molecule has 0 unspecified atom stereocenters. The molecule has 0 spiro atoms. The number of carbonyl (C=O) groups is 2. The van der Waals surface area contributed by atoms with Crippen molar-refractivity contribution in [1.82, 2.24) is 5.32 Å². The first-order valence-corrected chi connectivity index (χ1v) is 10.0. The molecule has 0 saturated carbocycles. The minimum atomic E-state index is -0.576. The summed E-state index contributed by atoms with van der Waals surface area (Å²) in [4.78, 5) is 24.1. The van der Waals surface area contributed by atoms with Gasteiger partial charge in [-0.05, 0) is 49.9 Å². The van der Waals surface area contributed by atoms with Crippen LogP contribution in [0.4, 0.5) is 0 Å². The van der Waals surface area contributed by atoms with Crippen LogP contribution in [0.15, 0.2) is 48.5 Å². The van der Waals surface area contributed by atoms with Gasteiger partial charge in [0.2, 0.25) is 0 Å². The van der Waals surface area contributed by atoms with Gasteiger partial charge in [-0.25, -0.2) is 4.79 Å². The number of aryl methyl sites for hydroxylation is 1. The molecule has 2 aromatic carbocycles. The first-order valence-electron chi connectivity index (χ1n) is 10.0. The van der Waals surface area contributed by atoms with Gasteiger partial charge in [0.15, 0.2) is 18.1 Å². The number of benzene rings is 2. The number of amides is 1. The molecule has 0 aliphatic rings. The van der Waals surface area contributed by atoms with Gasteiger partial charge < -0.3 is 19.5 Å². The highest BCUT2D eigenvalue weighted by Crippen LogP contribution is 2.29. The topological polar surface area (TPSA) is 73.9 Å². The maximum absolute atomic E-state index is 12.2. The summed E-state index contributed by atoms with van der Waals surface area (Å²) < 4.78 is 16.3. The van der Waals surface area contributed by atoms with Crippen LogP contribution in [0.1, 0.15) is 42.6 Å². The van der Waals surface area contributed by atoms with Gasteiger partial charge in [0.1, 0.15) is 0 Å². The Balaban J connectivity index is 1.77. The summed E-state index contributed by atoms with van der Waals surface area (Å²) in [6.45, 7) is 5.10. The number of hydrogen-bond acceptors (Lipinski definition) is 5. The van der Waals surface area contributed by atoms with Gasteiger partial charge in [0.05, 0.1) is 18.8 Å². The maximum atomic E-state index is 12.2. The molecule has 0 bridgehead atoms. The van der Waals surface area contributed by atoms with Gasteiger partial charge in [-0.2, -0.15) is 0 Å². The minimum absolute atomic E-state index is 0.314. The molecule has 1 N–H and O–H groups in total. The highest BCUT2D eigenvalue weighted by molar-refractivity contribution is 5.92. The van der Waals surface area contributed by atoms with E-state index in [1.807, 2.05) is 32.0 Å². The van der Waals surface area contributed by atoms with E-state index in [0.29, 0.717) is 36.8 Å². The summed E-state index contributed by atoms with van der Waals surface area (Å²) in [6, 6.07) is 14.9. The Bertz CT molecular complexity index is 776. The molecule has 0 fully saturated rings. The second-order valence-electron chi connectivity index (χ2n) is 6.46. The van der Waals surface area contributed by atoms with Gasteiger partial charge in [-0.3, -0.25) is 4.79 Å². The molecule has 6 nitrogen and oxygen atoms in total. The number of ether oxygens (including phenoxy) is 3. The van der Waals surface area contributed by atoms with Crippen LogP contribution in [0.3, 0.4) is 0 Å². The summed E-state index contributed by atoms with van der Waals surface area (Å²) in [5.41, 5.74) is 1.54. The summed E-state index contributed by atoms with van der Waals surface area (Å²) in [5.74, 6) is 0.175. The zero-order chi connectivity index (χ0) is 20.9. The zero-order valence-electron chi connectivity index (χ0n) is 17.1. The Morgan fingerprint density at radius 3 is 2.48 bits per heavy atom. The Hall–Kier alpha value is -3.02. The second kappa shape index (κ2) is 12.4. The molecule has 1 amide bonds. The van der Waals surface area contributed by atoms with E-state index in [1.165, 1.54) is 5.56 Å². The summed E-state index contributed by atoms with van der Waals surface area (Å²) in [6.07, 6.45) is 2.57. The van der Waals surface area contributed by atoms with E-state index >= 15 is 0 Å². The molecule has 0 atom stereocenters. The monoisotopic (exact) mass is 399 g/mol. The Labute approximate surface area is 172 Å². The van der Waals surface area contributed by atoms with Crippen molar-refractivity contribution < 1.29 is 23.8 Å². The third-order valence-corrected chi connectivity index (χ3v) is 4.08. The van der Waals surface area contributed by atoms with Crippen LogP contribution in [0.25, 0.3) is 0 Å². The number of rotatable bonds is 12. The van der Waals surface area contributed by atoms with Gasteiger partial charge in [-0.15, -0.1) is 0 Å². The van der Waals surface area contributed by atoms with Crippen LogP contribution in [-0.2, 0) is 16.0 Å². The van der Waals surface area contributed by atoms with Crippen molar-refractivity contribution in [2.24, 2.45) is 0 Å². The van der Waals surface area contributed by atoms with E-state index in [2.05, 4.69) is 17.4 Å². The van der Waals surface area contributed by atoms with Crippen molar-refractivity contribution in [2.45, 2.75) is 33.1 Å². The molecule has 0 saturated heterocycles. The number of esters is 1. The third kappa shape index (κ3) is 7.86. The average molecular weight is 399 g/mol. The van der Waals surface area contributed by atoms with E-state index < -0.39 is 5.97 Å². The molecule has 0 aliphatic carbocycles. The van der Waals surface area contributed by atoms with Gasteiger partial charge >= 0.3 is 5.97 Å². The van der Waals surface area contributed by atoms with E-state index in [-0.39, 0.29) is 12.5 Å². The Morgan fingerprint density at radius 1 is 0.966 bits per heavy atom. The number of carbonyl (C=O) groups excluding carboxylic acids is 2. The third-order valence-electron chi connectivity index (χ3n) is 4.08. The lowest BCUT2D eigenvalue weighted by molar-refractivity contribution is -0.124. The van der Waals surface area contributed by atoms with Gasteiger partial charge in [0.25, 0.3) is 5.91 Å². The second-order valence-corrected chi connectivity index (χ2v) is 6.46. The van der Waals surface area contributed by atoms with E-state index in [0.717, 1.165) is 19.3 Å². The van der Waals surface area contributed by atoms with Crippen molar-refractivity contribution >= 4 is 11.9 Å². The zero-order valence-corrected chi connectivity index (χ0v) is 17.1. The normalized spacial score (nSPS) is 10.3. The van der Waals surface area contributed by atoms with Crippen LogP contribution in [0, 0.1) is 0 Å². The van der Waals surface area contributed by atoms with Gasteiger partial charge in [0, 0.05) is 6.54 Å². The molecule has 2 aromatic rings. The molecule has 29 heavy (non-hydrogen) atoms. The maximum Gasteiger partial charge on any atom is 0.338 e. The Morgan fingerprint density at radius 2 is 1.76 bits per heavy atom. The summed E-state index contributed by atoms with van der Waals surface area (Å²) in [7, 11) is 0. The van der Waals surface area contributed by atoms with Crippen LogP contribution in [0.5, 0.6) is 11.5 Å². The standard InChI is InChI=1S/C23H29NO5/c1-3-15-28-20-13-12-19(16-21(20)27-4-2)23(26)29-17-22(25)24-14-8-11-18-9-6-5-7-10-18/h5-7,9-10,12-13,16H,3-4,8,11,14-15,17H2,1-2H3,(H,24,25). The van der Waals surface area contributed by atoms with Gasteiger partial charge in [-0.1, -0.05) is 37.3 Å². The fourth-order valence-electron chi connectivity index (χ4n) is 2.67. The predicted molar refractivity (Wildman–Crippen MR) is 111 cm³/mol. The summed E-state index contributed by atoms with van der Waals surface area (Å²) in [5, 5.41) is 2.76. The van der Waals surface area contributed by atoms with Crippen molar-refractivity contribution in [3.63, 3.8) is 0 Å². The molecule has 0 aliphatic heterocycles. The molecular formula is C23H29NO5. The first-order chi connectivity index (χ1) is 14.1. The molecule has 0 heterocycles. The molecular weight excluding hydrogens is 370 g/mol. The van der Waals surface area contributed by atoms with E-state index in [9.17, 15) is 9.59 Å². The number of hydrogen-bond donors (Lipinski definition) is 1. The van der Waals surface area contributed by atoms with Crippen LogP contribution in [0.2, 0.25) is 0 Å². The van der Waals surface area contributed by atoms with Crippen LogP contribution in [-0.4, -0.2) is 38.2 Å². The molecule has 6 heteroatoms. The summed E-state index contributed by atoms with van der Waals surface area (Å²) >= 11 is 0. The highest BCUT2D eigenvalue weighted by Gasteiger charge is 2.14. The molecule has 0 radical (unpaired) electrons. The largest absolute Gasteiger partial charge is 0.490 e. The molecule has 156 valence electrons. The number of nitrogens with one attached hydrogen (secondary N) is 1. The average Bonchev–Trinajstić information content (AvgIpc) is 2.75. The van der Waals surface area contributed by atoms with Crippen molar-refractivity contribution in [3.8, 4) is 11.5 Å². The van der Waals surface area contributed by atoms with Crippen LogP contribution < -0.4 is 14.8 Å². The lowest BCUT2D eigenvalue weighted by Crippen LogP contribution is -2.29. The lowest BCUT2D eigenvalue weighted by Gasteiger charge is -2.13. The van der Waals surface area contributed by atoms with Crippen molar-refractivity contribution in [2.75, 3.05) is 26.4 Å². The predicted octanol–water partition coefficient (Wildman–Crippen LogP) is 3.78. The van der Waals surface area contributed by atoms with E-state index in [1.54, 1.807) is 18.2 Å². The highest BCUT2D eigenvalue weighted by atomic mass is 16.5. The minimum Gasteiger partial charge on any atom is -0.490 e. The Kier molecular flexibility index (Phi) is 9.55. The lowest BCUT2D eigenvalue weighted by atomic mass is 10.1. The fraction of sp³-hybridized carbons (Fsp3) is 0.391. The smallest absolute Gasteiger partial charge is 0.338 e.